The Bertz CT molecular complexity index is 2740. The molecule has 6 atom stereocenters. The average molecular weight is 889 g/mol. The van der Waals surface area contributed by atoms with Gasteiger partial charge in [0.05, 0.1) is 43.0 Å². The number of carbonyl (C=O) groups is 4. The number of likely N-dealkylation sites (tertiary alicyclic amines) is 2. The minimum atomic E-state index is -3.25. The summed E-state index contributed by atoms with van der Waals surface area (Å²) in [5.41, 5.74) is 4.85. The maximum atomic E-state index is 16.4. The number of alkyl carbamates (subject to hydrolysis) is 2. The molecule has 340 valence electrons. The van der Waals surface area contributed by atoms with Crippen LogP contribution in [0.4, 0.5) is 18.4 Å². The summed E-state index contributed by atoms with van der Waals surface area (Å²) in [5.74, 6) is -2.45. The Morgan fingerprint density at radius 1 is 0.785 bits per heavy atom. The largest absolute Gasteiger partial charge is 0.453 e. The number of carbonyl (C=O) groups excluding carboxylic acids is 4. The molecule has 0 radical (unpaired) electrons. The van der Waals surface area contributed by atoms with Crippen molar-refractivity contribution in [1.82, 2.24) is 40.4 Å². The number of imidazole rings is 2. The lowest BCUT2D eigenvalue weighted by Crippen LogP contribution is -2.54. The molecule has 14 nitrogen and oxygen atoms in total. The van der Waals surface area contributed by atoms with Crippen LogP contribution in [0.25, 0.3) is 44.5 Å². The van der Waals surface area contributed by atoms with E-state index >= 15 is 8.78 Å². The van der Waals surface area contributed by atoms with Crippen LogP contribution in [-0.4, -0.2) is 92.6 Å². The van der Waals surface area contributed by atoms with Crippen molar-refractivity contribution in [2.75, 3.05) is 20.8 Å². The van der Waals surface area contributed by atoms with Crippen molar-refractivity contribution in [3.63, 3.8) is 0 Å². The number of hydrogen-bond acceptors (Lipinski definition) is 8. The highest BCUT2D eigenvalue weighted by Crippen LogP contribution is 2.59. The summed E-state index contributed by atoms with van der Waals surface area (Å²) < 4.78 is 42.4. The molecule has 65 heavy (non-hydrogen) atoms. The van der Waals surface area contributed by atoms with E-state index in [0.29, 0.717) is 40.6 Å². The SMILES string of the molecule is COC(=O)NC(C(=O)N1CC2(CC2)C[C@H]1c1nc(-c2ccc3c(c2)C(F)(F)c2ccc(-c4ccc5nc([C@@H]6[C@@H]7CC[C@@H](C7)N6C(=O)[C@@H](NC(=O)OC)C(C)C)[nH]c5c4)cc2-3)c[nH]1)C(C)C. The number of ether oxygens (including phenoxy) is 2. The Morgan fingerprint density at radius 3 is 2.15 bits per heavy atom. The van der Waals surface area contributed by atoms with Gasteiger partial charge >= 0.3 is 12.2 Å². The van der Waals surface area contributed by atoms with Gasteiger partial charge in [-0.25, -0.2) is 19.6 Å². The summed E-state index contributed by atoms with van der Waals surface area (Å²) in [7, 11) is 2.55. The van der Waals surface area contributed by atoms with Crippen molar-refractivity contribution in [3.05, 3.63) is 83.6 Å². The van der Waals surface area contributed by atoms with Gasteiger partial charge in [-0.2, -0.15) is 8.78 Å². The van der Waals surface area contributed by atoms with E-state index in [1.165, 1.54) is 26.4 Å². The molecule has 2 saturated heterocycles. The number of alkyl halides is 2. The molecule has 4 N–H and O–H groups in total. The van der Waals surface area contributed by atoms with E-state index in [1.807, 2.05) is 62.9 Å². The molecule has 3 aliphatic carbocycles. The Hall–Kier alpha value is -6.32. The zero-order chi connectivity index (χ0) is 45.7. The summed E-state index contributed by atoms with van der Waals surface area (Å²) >= 11 is 0. The molecule has 5 aromatic rings. The summed E-state index contributed by atoms with van der Waals surface area (Å²) in [6.45, 7) is 8.10. The predicted octanol–water partition coefficient (Wildman–Crippen LogP) is 8.61. The maximum Gasteiger partial charge on any atom is 0.407 e. The molecule has 5 aliphatic rings. The number of aromatic nitrogens is 4. The van der Waals surface area contributed by atoms with Crippen molar-refractivity contribution in [3.8, 4) is 33.5 Å². The van der Waals surface area contributed by atoms with Crippen molar-refractivity contribution in [2.45, 2.75) is 102 Å². The number of aromatic amines is 2. The molecule has 2 aromatic heterocycles. The monoisotopic (exact) mass is 888 g/mol. The lowest BCUT2D eigenvalue weighted by molar-refractivity contribution is -0.139. The van der Waals surface area contributed by atoms with Crippen LogP contribution >= 0.6 is 0 Å². The zero-order valence-corrected chi connectivity index (χ0v) is 37.3. The number of methoxy groups -OCH3 is 2. The Labute approximate surface area is 375 Å². The number of halogens is 2. The van der Waals surface area contributed by atoms with E-state index in [0.717, 1.165) is 60.7 Å². The highest BCUT2D eigenvalue weighted by Gasteiger charge is 2.56. The Balaban J connectivity index is 0.907. The Morgan fingerprint density at radius 2 is 1.46 bits per heavy atom. The third-order valence-corrected chi connectivity index (χ3v) is 14.7. The highest BCUT2D eigenvalue weighted by molar-refractivity contribution is 5.90. The molecule has 2 aliphatic heterocycles. The van der Waals surface area contributed by atoms with E-state index in [4.69, 9.17) is 19.4 Å². The maximum absolute atomic E-state index is 16.4. The molecule has 4 fully saturated rings. The van der Waals surface area contributed by atoms with Crippen molar-refractivity contribution in [1.29, 1.82) is 0 Å². The standard InChI is InChI=1S/C49H54F2N8O6/c1-24(2)39(56-46(62)64-5)44(60)58-23-48(15-16-48)21-38(58)42-52-22-37(55-42)28-8-12-31-32-18-26(9-13-33(32)49(50,51)34(31)19-28)27-10-14-35-36(20-27)54-43(53-35)41-29-7-11-30(17-29)59(41)45(61)40(25(3)4)57-47(63)65-6/h8-10,12-14,18-20,22,24-25,29-30,38-41H,7,11,15-17,21,23H2,1-6H3,(H,52,55)(H,53,54)(H,56,62)(H,57,63)/t29-,30+,38+,39?,40+,41+/m1/s1. The minimum absolute atomic E-state index is 0.0102. The van der Waals surface area contributed by atoms with Crippen LogP contribution in [0.15, 0.2) is 60.8 Å². The van der Waals surface area contributed by atoms with E-state index in [1.54, 1.807) is 23.2 Å². The van der Waals surface area contributed by atoms with Crippen LogP contribution in [0.1, 0.15) is 101 Å². The van der Waals surface area contributed by atoms with Crippen LogP contribution in [0, 0.1) is 23.2 Å². The third-order valence-electron chi connectivity index (χ3n) is 14.7. The van der Waals surface area contributed by atoms with Gasteiger partial charge in [0, 0.05) is 35.5 Å². The number of benzene rings is 3. The van der Waals surface area contributed by atoms with Crippen molar-refractivity contribution in [2.24, 2.45) is 23.2 Å². The number of nitrogens with one attached hydrogen (secondary N) is 4. The molecule has 4 heterocycles. The first-order chi connectivity index (χ1) is 31.1. The predicted molar refractivity (Wildman–Crippen MR) is 237 cm³/mol. The normalized spacial score (nSPS) is 22.9. The Kier molecular flexibility index (Phi) is 10.3. The fourth-order valence-corrected chi connectivity index (χ4v) is 11.0. The van der Waals surface area contributed by atoms with Crippen LogP contribution in [0.5, 0.6) is 0 Å². The van der Waals surface area contributed by atoms with Gasteiger partial charge in [0.15, 0.2) is 0 Å². The first-order valence-corrected chi connectivity index (χ1v) is 22.6. The molecule has 2 saturated carbocycles. The third kappa shape index (κ3) is 7.19. The second-order valence-corrected chi connectivity index (χ2v) is 19.4. The van der Waals surface area contributed by atoms with Gasteiger partial charge in [-0.05, 0) is 108 Å². The van der Waals surface area contributed by atoms with Crippen LogP contribution in [-0.2, 0) is 25.0 Å². The molecule has 1 unspecified atom stereocenters. The van der Waals surface area contributed by atoms with E-state index in [2.05, 4.69) is 20.6 Å². The van der Waals surface area contributed by atoms with Gasteiger partial charge in [0.1, 0.15) is 23.7 Å². The zero-order valence-electron chi connectivity index (χ0n) is 37.3. The van der Waals surface area contributed by atoms with Crippen LogP contribution in [0.2, 0.25) is 0 Å². The van der Waals surface area contributed by atoms with Crippen LogP contribution in [0.3, 0.4) is 0 Å². The average Bonchev–Trinajstić information content (AvgIpc) is 3.95. The van der Waals surface area contributed by atoms with Crippen molar-refractivity contribution < 1.29 is 37.4 Å². The fraction of sp³-hybridized carbons (Fsp3) is 0.469. The topological polar surface area (TPSA) is 175 Å². The fourth-order valence-electron chi connectivity index (χ4n) is 11.0. The van der Waals surface area contributed by atoms with Gasteiger partial charge in [-0.1, -0.05) is 58.0 Å². The molecule has 10 rings (SSSR count). The van der Waals surface area contributed by atoms with Gasteiger partial charge < -0.3 is 39.9 Å². The van der Waals surface area contributed by atoms with E-state index in [-0.39, 0.29) is 64.2 Å². The van der Waals surface area contributed by atoms with Crippen LogP contribution < -0.4 is 10.6 Å². The lowest BCUT2D eigenvalue weighted by atomic mass is 9.95. The minimum Gasteiger partial charge on any atom is -0.453 e. The summed E-state index contributed by atoms with van der Waals surface area (Å²) in [6.07, 6.45) is 5.85. The van der Waals surface area contributed by atoms with Gasteiger partial charge in [0.2, 0.25) is 11.8 Å². The summed E-state index contributed by atoms with van der Waals surface area (Å²) in [5, 5.41) is 5.44. The quantitative estimate of drug-likeness (QED) is 0.108. The second-order valence-electron chi connectivity index (χ2n) is 19.4. The summed E-state index contributed by atoms with van der Waals surface area (Å²) in [6, 6.07) is 13.8. The number of rotatable bonds is 10. The molecule has 4 amide bonds. The molecule has 3 aromatic carbocycles. The number of hydrogen-bond donors (Lipinski definition) is 4. The molecular weight excluding hydrogens is 835 g/mol. The molecule has 16 heteroatoms. The van der Waals surface area contributed by atoms with Gasteiger partial charge in [0.25, 0.3) is 5.92 Å². The highest BCUT2D eigenvalue weighted by atomic mass is 19.3. The van der Waals surface area contributed by atoms with Gasteiger partial charge in [-0.3, -0.25) is 9.59 Å². The number of fused-ring (bicyclic) bond motifs is 6. The smallest absolute Gasteiger partial charge is 0.407 e. The second kappa shape index (κ2) is 15.7. The molecule has 2 bridgehead atoms. The molecular formula is C49H54F2N8O6. The number of nitrogens with zero attached hydrogens (tertiary/aromatic N) is 4. The van der Waals surface area contributed by atoms with Gasteiger partial charge in [-0.15, -0.1) is 0 Å². The first-order valence-electron chi connectivity index (χ1n) is 22.6. The van der Waals surface area contributed by atoms with Crippen molar-refractivity contribution >= 4 is 35.0 Å². The number of amides is 4. The number of H-pyrrole nitrogens is 2. The first kappa shape index (κ1) is 42.6. The van der Waals surface area contributed by atoms with E-state index in [9.17, 15) is 19.2 Å². The molecule has 1 spiro atoms. The summed E-state index contributed by atoms with van der Waals surface area (Å²) in [4.78, 5) is 72.8. The number of piperidine rings is 1. The lowest BCUT2D eigenvalue weighted by Gasteiger charge is -2.37. The van der Waals surface area contributed by atoms with E-state index < -0.39 is 30.2 Å².